The number of hydrogen-bond donors (Lipinski definition) is 2. The van der Waals surface area contributed by atoms with Crippen LogP contribution in [0.25, 0.3) is 0 Å². The maximum atomic E-state index is 4.51. The molecule has 1 atom stereocenters. The summed E-state index contributed by atoms with van der Waals surface area (Å²) in [6, 6.07) is 0.313. The molecule has 1 aromatic heterocycles. The molecule has 6 nitrogen and oxygen atoms in total. The molecule has 0 aliphatic carbocycles. The molecule has 148 valence electrons. The van der Waals surface area contributed by atoms with Crippen molar-refractivity contribution in [2.75, 3.05) is 33.2 Å². The minimum Gasteiger partial charge on any atom is -0.356 e. The van der Waals surface area contributed by atoms with E-state index in [1.165, 1.54) is 56.6 Å². The Morgan fingerprint density at radius 3 is 2.46 bits per heavy atom. The Hall–Kier alpha value is -1.56. The quantitative estimate of drug-likeness (QED) is 0.444. The maximum absolute atomic E-state index is 4.51. The van der Waals surface area contributed by atoms with Gasteiger partial charge in [0.2, 0.25) is 0 Å². The molecule has 1 fully saturated rings. The molecule has 1 aromatic rings. The molecule has 2 rings (SSSR count). The highest BCUT2D eigenvalue weighted by molar-refractivity contribution is 5.79. The largest absolute Gasteiger partial charge is 0.356 e. The lowest BCUT2D eigenvalue weighted by Gasteiger charge is -2.21. The van der Waals surface area contributed by atoms with E-state index < -0.39 is 0 Å². The minimum atomic E-state index is 0.313. The third-order valence-electron chi connectivity index (χ3n) is 5.42. The van der Waals surface area contributed by atoms with Crippen LogP contribution < -0.4 is 10.6 Å². The highest BCUT2D eigenvalue weighted by atomic mass is 15.3. The number of hydrogen-bond acceptors (Lipinski definition) is 3. The summed E-state index contributed by atoms with van der Waals surface area (Å²) in [5.74, 6) is 0.896. The third-order valence-corrected chi connectivity index (χ3v) is 5.42. The second kappa shape index (κ2) is 10.6. The number of aliphatic imine (C=N–C) groups is 1. The fourth-order valence-corrected chi connectivity index (χ4v) is 3.77. The first-order chi connectivity index (χ1) is 12.5. The molecule has 0 aromatic carbocycles. The normalized spacial score (nSPS) is 17.8. The van der Waals surface area contributed by atoms with Crippen molar-refractivity contribution < 1.29 is 0 Å². The zero-order valence-corrected chi connectivity index (χ0v) is 17.4. The summed E-state index contributed by atoms with van der Waals surface area (Å²) in [5.41, 5.74) is 3.71. The van der Waals surface area contributed by atoms with Gasteiger partial charge in [-0.3, -0.25) is 9.67 Å². The van der Waals surface area contributed by atoms with E-state index in [0.717, 1.165) is 31.0 Å². The van der Waals surface area contributed by atoms with Crippen molar-refractivity contribution in [2.45, 2.75) is 65.3 Å². The molecular weight excluding hydrogens is 324 g/mol. The molecule has 0 radical (unpaired) electrons. The van der Waals surface area contributed by atoms with Gasteiger partial charge in [0.25, 0.3) is 0 Å². The fourth-order valence-electron chi connectivity index (χ4n) is 3.77. The van der Waals surface area contributed by atoms with Gasteiger partial charge in [0.05, 0.1) is 5.69 Å². The molecule has 0 amide bonds. The van der Waals surface area contributed by atoms with Crippen molar-refractivity contribution >= 4 is 5.96 Å². The van der Waals surface area contributed by atoms with E-state index in [4.69, 9.17) is 0 Å². The second-order valence-electron chi connectivity index (χ2n) is 7.63. The van der Waals surface area contributed by atoms with E-state index in [1.807, 2.05) is 18.8 Å². The van der Waals surface area contributed by atoms with E-state index >= 15 is 0 Å². The van der Waals surface area contributed by atoms with Gasteiger partial charge in [-0.15, -0.1) is 0 Å². The number of aromatic nitrogens is 2. The Kier molecular flexibility index (Phi) is 8.42. The summed E-state index contributed by atoms with van der Waals surface area (Å²) in [6.45, 7) is 11.1. The van der Waals surface area contributed by atoms with Gasteiger partial charge in [-0.2, -0.15) is 5.10 Å². The highest BCUT2D eigenvalue weighted by Gasteiger charge is 2.14. The molecule has 1 aliphatic rings. The summed E-state index contributed by atoms with van der Waals surface area (Å²) in [5, 5.41) is 11.5. The lowest BCUT2D eigenvalue weighted by molar-refractivity contribution is 0.282. The van der Waals surface area contributed by atoms with E-state index in [1.54, 1.807) is 0 Å². The summed E-state index contributed by atoms with van der Waals surface area (Å²) in [7, 11) is 3.85. The summed E-state index contributed by atoms with van der Waals surface area (Å²) in [6.07, 6.45) is 7.65. The van der Waals surface area contributed by atoms with Crippen LogP contribution in [0.5, 0.6) is 0 Å². The van der Waals surface area contributed by atoms with Gasteiger partial charge >= 0.3 is 0 Å². The van der Waals surface area contributed by atoms with Gasteiger partial charge < -0.3 is 15.5 Å². The third kappa shape index (κ3) is 6.31. The Morgan fingerprint density at radius 2 is 1.88 bits per heavy atom. The number of nitrogens with one attached hydrogen (secondary N) is 2. The first-order valence-electron chi connectivity index (χ1n) is 10.2. The molecule has 6 heteroatoms. The first-order valence-corrected chi connectivity index (χ1v) is 10.2. The zero-order chi connectivity index (χ0) is 18.9. The van der Waals surface area contributed by atoms with Crippen LogP contribution >= 0.6 is 0 Å². The van der Waals surface area contributed by atoms with E-state index in [0.29, 0.717) is 6.04 Å². The van der Waals surface area contributed by atoms with Crippen molar-refractivity contribution in [3.63, 3.8) is 0 Å². The first kappa shape index (κ1) is 20.7. The number of rotatable bonds is 7. The number of guanidine groups is 1. The Morgan fingerprint density at radius 1 is 1.19 bits per heavy atom. The van der Waals surface area contributed by atoms with Crippen molar-refractivity contribution in [3.8, 4) is 0 Å². The Labute approximate surface area is 159 Å². The van der Waals surface area contributed by atoms with Crippen molar-refractivity contribution in [2.24, 2.45) is 12.0 Å². The predicted molar refractivity (Wildman–Crippen MR) is 110 cm³/mol. The summed E-state index contributed by atoms with van der Waals surface area (Å²) < 4.78 is 1.97. The van der Waals surface area contributed by atoms with Gasteiger partial charge in [-0.1, -0.05) is 12.8 Å². The molecule has 0 bridgehead atoms. The number of aryl methyl sites for hydroxylation is 2. The average molecular weight is 363 g/mol. The van der Waals surface area contributed by atoms with Crippen LogP contribution in [-0.2, 0) is 13.5 Å². The van der Waals surface area contributed by atoms with Gasteiger partial charge in [0.15, 0.2) is 5.96 Å². The summed E-state index contributed by atoms with van der Waals surface area (Å²) >= 11 is 0. The van der Waals surface area contributed by atoms with Crippen molar-refractivity contribution in [1.82, 2.24) is 25.3 Å². The van der Waals surface area contributed by atoms with Crippen LogP contribution in [0.1, 0.15) is 56.0 Å². The summed E-state index contributed by atoms with van der Waals surface area (Å²) in [4.78, 5) is 6.99. The molecule has 1 aliphatic heterocycles. The van der Waals surface area contributed by atoms with E-state index in [2.05, 4.69) is 46.4 Å². The lowest BCUT2D eigenvalue weighted by atomic mass is 10.1. The molecular formula is C20H38N6. The maximum Gasteiger partial charge on any atom is 0.191 e. The molecule has 0 spiro atoms. The average Bonchev–Trinajstić information content (AvgIpc) is 2.81. The number of nitrogens with zero attached hydrogens (tertiary/aromatic N) is 4. The van der Waals surface area contributed by atoms with Crippen LogP contribution in [0.4, 0.5) is 0 Å². The Balaban J connectivity index is 1.71. The van der Waals surface area contributed by atoms with Crippen molar-refractivity contribution in [1.29, 1.82) is 0 Å². The van der Waals surface area contributed by atoms with Gasteiger partial charge in [-0.05, 0) is 71.7 Å². The smallest absolute Gasteiger partial charge is 0.191 e. The molecule has 2 N–H and O–H groups in total. The monoisotopic (exact) mass is 362 g/mol. The van der Waals surface area contributed by atoms with E-state index in [-0.39, 0.29) is 0 Å². The zero-order valence-electron chi connectivity index (χ0n) is 17.4. The lowest BCUT2D eigenvalue weighted by Crippen LogP contribution is -2.44. The van der Waals surface area contributed by atoms with Crippen molar-refractivity contribution in [3.05, 3.63) is 17.0 Å². The predicted octanol–water partition coefficient (Wildman–Crippen LogP) is 2.40. The molecule has 26 heavy (non-hydrogen) atoms. The van der Waals surface area contributed by atoms with Gasteiger partial charge in [-0.25, -0.2) is 0 Å². The highest BCUT2D eigenvalue weighted by Crippen LogP contribution is 2.14. The Bertz CT molecular complexity index is 569. The van der Waals surface area contributed by atoms with E-state index in [9.17, 15) is 0 Å². The number of likely N-dealkylation sites (tertiary alicyclic amines) is 1. The fraction of sp³-hybridized carbons (Fsp3) is 0.800. The molecule has 1 saturated heterocycles. The molecule has 1 unspecified atom stereocenters. The SMILES string of the molecule is CN=C(NCCCN1CCCCCC1)NC(C)Cc1c(C)nn(C)c1C. The topological polar surface area (TPSA) is 57.5 Å². The molecule has 2 heterocycles. The van der Waals surface area contributed by atoms with Crippen LogP contribution in [-0.4, -0.2) is 59.9 Å². The molecule has 0 saturated carbocycles. The van der Waals surface area contributed by atoms with Crippen LogP contribution in [0.15, 0.2) is 4.99 Å². The van der Waals surface area contributed by atoms with Crippen LogP contribution in [0.2, 0.25) is 0 Å². The minimum absolute atomic E-state index is 0.313. The van der Waals surface area contributed by atoms with Gasteiger partial charge in [0, 0.05) is 32.4 Å². The standard InChI is InChI=1S/C20H38N6/c1-16(15-19-17(2)24-25(5)18(19)3)23-20(21-4)22-11-10-14-26-12-8-6-7-9-13-26/h16H,6-15H2,1-5H3,(H2,21,22,23). The van der Waals surface area contributed by atoms with Gasteiger partial charge in [0.1, 0.15) is 0 Å². The van der Waals surface area contributed by atoms with Crippen LogP contribution in [0, 0.1) is 13.8 Å². The van der Waals surface area contributed by atoms with Crippen LogP contribution in [0.3, 0.4) is 0 Å². The second-order valence-corrected chi connectivity index (χ2v) is 7.63.